The molecular weight excluding hydrogens is 198 g/mol. The van der Waals surface area contributed by atoms with E-state index in [0.717, 1.165) is 0 Å². The average Bonchev–Trinajstić information content (AvgIpc) is 1.25. The second-order valence-corrected chi connectivity index (χ2v) is 2.80. The maximum absolute atomic E-state index is 8.77. The van der Waals surface area contributed by atoms with Crippen molar-refractivity contribution >= 4 is 51.8 Å². The highest BCUT2D eigenvalue weighted by atomic mass is 35.6. The van der Waals surface area contributed by atoms with E-state index in [1.807, 2.05) is 0 Å². The number of hydrogen-bond acceptors (Lipinski definition) is 1. The summed E-state index contributed by atoms with van der Waals surface area (Å²) in [6.07, 6.45) is 0. The zero-order valence-electron chi connectivity index (χ0n) is 3.44. The average molecular weight is 200 g/mol. The van der Waals surface area contributed by atoms with Crippen LogP contribution >= 0.6 is 46.4 Å². The van der Waals surface area contributed by atoms with E-state index >= 15 is 0 Å². The Morgan fingerprint density at radius 3 is 1.38 bits per heavy atom. The molecule has 0 fully saturated rings. The van der Waals surface area contributed by atoms with Gasteiger partial charge in [0.05, 0.1) is 0 Å². The van der Waals surface area contributed by atoms with Gasteiger partial charge in [-0.2, -0.15) is 0 Å². The minimum Gasteiger partial charge on any atom is -0.469 e. The summed E-state index contributed by atoms with van der Waals surface area (Å²) < 4.78 is -0.750. The second kappa shape index (κ2) is 7.63. The summed E-state index contributed by atoms with van der Waals surface area (Å²) in [5.74, 6) is 0. The number of carbonyl (C=O) groups is 1. The normalized spacial score (nSPS) is 7.62. The Morgan fingerprint density at radius 1 is 1.38 bits per heavy atom. The molecule has 0 aromatic rings. The Kier molecular flexibility index (Phi) is 10.9. The smallest absolute Gasteiger partial charge is 0.401 e. The lowest BCUT2D eigenvalue weighted by Gasteiger charge is -1.69. The number of rotatable bonds is 0. The molecule has 2 nitrogen and oxygen atoms in total. The zero-order valence-corrected chi connectivity index (χ0v) is 6.47. The summed E-state index contributed by atoms with van der Waals surface area (Å²) in [6.45, 7) is 0. The Balaban J connectivity index is 0. The molecule has 0 radical (unpaired) electrons. The van der Waals surface area contributed by atoms with E-state index in [-0.39, 0.29) is 0 Å². The van der Waals surface area contributed by atoms with Gasteiger partial charge in [0.15, 0.2) is 4.30 Å². The number of halogens is 4. The fraction of sp³-hybridized carbons (Fsp3) is 0.500. The van der Waals surface area contributed by atoms with Crippen LogP contribution in [0.3, 0.4) is 0 Å². The molecule has 0 aliphatic heterocycles. The maximum Gasteiger partial charge on any atom is 0.401 e. The Bertz CT molecular complexity index is 56.3. The molecule has 0 saturated carbocycles. The van der Waals surface area contributed by atoms with Crippen molar-refractivity contribution in [2.24, 2.45) is 0 Å². The predicted octanol–water partition coefficient (Wildman–Crippen LogP) is 2.89. The maximum atomic E-state index is 8.77. The lowest BCUT2D eigenvalue weighted by Crippen LogP contribution is -1.66. The van der Waals surface area contributed by atoms with Crippen molar-refractivity contribution in [2.45, 2.75) is 4.30 Å². The Labute approximate surface area is 66.3 Å². The number of carboxylic acid groups (broad SMARTS) is 1. The first kappa shape index (κ1) is 11.4. The quantitative estimate of drug-likeness (QED) is 0.481. The van der Waals surface area contributed by atoms with Crippen LogP contribution in [0.15, 0.2) is 0 Å². The molecule has 0 rings (SSSR count). The first-order valence-electron chi connectivity index (χ1n) is 1.27. The van der Waals surface area contributed by atoms with Crippen molar-refractivity contribution in [3.8, 4) is 0 Å². The second-order valence-electron chi connectivity index (χ2n) is 0.500. The van der Waals surface area contributed by atoms with Gasteiger partial charge >= 0.3 is 5.43 Å². The molecule has 0 aromatic carbocycles. The third kappa shape index (κ3) is 529. The van der Waals surface area contributed by atoms with Crippen LogP contribution < -0.4 is 0 Å². The highest BCUT2D eigenvalue weighted by Gasteiger charge is 1.78. The SMILES string of the molecule is ClC(Cl)Cl.O=C(O)Cl. The molecule has 0 atom stereocenters. The van der Waals surface area contributed by atoms with Gasteiger partial charge in [-0.25, -0.2) is 4.79 Å². The van der Waals surface area contributed by atoms with E-state index in [1.165, 1.54) is 0 Å². The van der Waals surface area contributed by atoms with Gasteiger partial charge in [-0.15, -0.1) is 0 Å². The van der Waals surface area contributed by atoms with Gasteiger partial charge in [-0.3, -0.25) is 0 Å². The summed E-state index contributed by atoms with van der Waals surface area (Å²) in [6, 6.07) is 0. The highest BCUT2D eigenvalue weighted by Crippen LogP contribution is 2.03. The van der Waals surface area contributed by atoms with Crippen LogP contribution in [0.25, 0.3) is 0 Å². The number of alkyl halides is 3. The molecule has 0 amide bonds. The monoisotopic (exact) mass is 198 g/mol. The zero-order chi connectivity index (χ0) is 7.15. The fourth-order valence-corrected chi connectivity index (χ4v) is 0. The lowest BCUT2D eigenvalue weighted by molar-refractivity contribution is 0.220. The van der Waals surface area contributed by atoms with Gasteiger partial charge in [0, 0.05) is 11.6 Å². The first-order chi connectivity index (χ1) is 3.46. The van der Waals surface area contributed by atoms with E-state index in [0.29, 0.717) is 0 Å². The van der Waals surface area contributed by atoms with Crippen molar-refractivity contribution in [1.82, 2.24) is 0 Å². The molecule has 0 spiro atoms. The first-order valence-corrected chi connectivity index (χ1v) is 2.96. The standard InChI is InChI=1S/CHCl3.CHClO2/c2*2-1(3)4/h1H;(H,3,4). The van der Waals surface area contributed by atoms with E-state index in [1.54, 1.807) is 0 Å². The molecule has 1 N–H and O–H groups in total. The summed E-state index contributed by atoms with van der Waals surface area (Å²) >= 11 is 18.6. The van der Waals surface area contributed by atoms with Gasteiger partial charge < -0.3 is 5.11 Å². The molecule has 0 saturated heterocycles. The largest absolute Gasteiger partial charge is 0.469 e. The van der Waals surface area contributed by atoms with Gasteiger partial charge in [0.25, 0.3) is 0 Å². The van der Waals surface area contributed by atoms with Crippen molar-refractivity contribution in [3.05, 3.63) is 0 Å². The Morgan fingerprint density at radius 2 is 1.38 bits per heavy atom. The molecule has 0 unspecified atom stereocenters. The van der Waals surface area contributed by atoms with Gasteiger partial charge in [0.2, 0.25) is 0 Å². The van der Waals surface area contributed by atoms with Crippen LogP contribution in [-0.2, 0) is 0 Å². The molecule has 0 aromatic heterocycles. The van der Waals surface area contributed by atoms with E-state index in [4.69, 9.17) is 44.7 Å². The fourth-order valence-electron chi connectivity index (χ4n) is 0. The summed E-state index contributed by atoms with van der Waals surface area (Å²) in [5, 5.41) is 7.18. The van der Waals surface area contributed by atoms with Crippen molar-refractivity contribution in [3.63, 3.8) is 0 Å². The summed E-state index contributed by atoms with van der Waals surface area (Å²) in [4.78, 5) is 8.77. The van der Waals surface area contributed by atoms with Crippen LogP contribution in [0.2, 0.25) is 0 Å². The van der Waals surface area contributed by atoms with Crippen LogP contribution in [0.5, 0.6) is 0 Å². The molecule has 0 heterocycles. The Hall–Kier alpha value is 0.630. The number of hydrogen-bond donors (Lipinski definition) is 1. The van der Waals surface area contributed by atoms with E-state index in [2.05, 4.69) is 11.6 Å². The molecule has 0 aliphatic carbocycles. The highest BCUT2D eigenvalue weighted by molar-refractivity contribution is 6.63. The summed E-state index contributed by atoms with van der Waals surface area (Å²) in [7, 11) is 0. The molecule has 0 bridgehead atoms. The van der Waals surface area contributed by atoms with E-state index < -0.39 is 9.72 Å². The molecule has 8 heavy (non-hydrogen) atoms. The van der Waals surface area contributed by atoms with Crippen LogP contribution in [-0.4, -0.2) is 14.8 Å². The van der Waals surface area contributed by atoms with Crippen molar-refractivity contribution < 1.29 is 9.90 Å². The third-order valence-electron chi connectivity index (χ3n) is 0. The van der Waals surface area contributed by atoms with Crippen LogP contribution in [0.1, 0.15) is 0 Å². The van der Waals surface area contributed by atoms with Gasteiger partial charge in [-0.1, -0.05) is 34.8 Å². The summed E-state index contributed by atoms with van der Waals surface area (Å²) in [5.41, 5.74) is -1.36. The van der Waals surface area contributed by atoms with Crippen molar-refractivity contribution in [1.29, 1.82) is 0 Å². The molecule has 50 valence electrons. The van der Waals surface area contributed by atoms with Gasteiger partial charge in [-0.05, 0) is 0 Å². The molecular formula is C2H2Cl4O2. The third-order valence-corrected chi connectivity index (χ3v) is 0. The topological polar surface area (TPSA) is 37.3 Å². The minimum atomic E-state index is -1.36. The van der Waals surface area contributed by atoms with Crippen LogP contribution in [0.4, 0.5) is 4.79 Å². The van der Waals surface area contributed by atoms with Gasteiger partial charge in [0.1, 0.15) is 0 Å². The van der Waals surface area contributed by atoms with E-state index in [9.17, 15) is 0 Å². The predicted molar refractivity (Wildman–Crippen MR) is 35.2 cm³/mol. The molecule has 0 aliphatic rings. The molecule has 6 heteroatoms. The minimum absolute atomic E-state index is 0.750. The van der Waals surface area contributed by atoms with Crippen LogP contribution in [0, 0.1) is 0 Å². The van der Waals surface area contributed by atoms with Crippen molar-refractivity contribution in [2.75, 3.05) is 0 Å². The lowest BCUT2D eigenvalue weighted by atomic mass is 11.6.